The maximum absolute atomic E-state index is 12.3. The van der Waals surface area contributed by atoms with Gasteiger partial charge in [0.15, 0.2) is 5.78 Å². The molecule has 2 heterocycles. The van der Waals surface area contributed by atoms with Crippen molar-refractivity contribution < 1.29 is 9.53 Å². The first-order valence-corrected chi connectivity index (χ1v) is 7.02. The van der Waals surface area contributed by atoms with Gasteiger partial charge in [0.1, 0.15) is 0 Å². The number of nitrogens with zero attached hydrogens (tertiary/aromatic N) is 1. The molecule has 94 valence electrons. The number of thiophene rings is 1. The lowest BCUT2D eigenvalue weighted by atomic mass is 10.1. The average Bonchev–Trinajstić information content (AvgIpc) is 2.84. The molecule has 0 N–H and O–H groups in total. The molecule has 0 unspecified atom stereocenters. The molecule has 1 aliphatic rings. The van der Waals surface area contributed by atoms with Crippen LogP contribution < -0.4 is 0 Å². The van der Waals surface area contributed by atoms with E-state index in [1.54, 1.807) is 11.3 Å². The van der Waals surface area contributed by atoms with Gasteiger partial charge in [0.2, 0.25) is 0 Å². The normalized spacial score (nSPS) is 17.1. The molecule has 1 aromatic carbocycles. The Morgan fingerprint density at radius 2 is 2.06 bits per heavy atom. The number of hydrogen-bond acceptors (Lipinski definition) is 4. The second-order valence-electron chi connectivity index (χ2n) is 4.46. The summed E-state index contributed by atoms with van der Waals surface area (Å²) in [4.78, 5) is 14.5. The molecule has 0 aliphatic carbocycles. The van der Waals surface area contributed by atoms with E-state index in [1.807, 2.05) is 23.6 Å². The number of Topliss-reactive ketones (excluding diaryl/α,β-unsaturated/α-hetero) is 1. The molecule has 0 radical (unpaired) electrons. The lowest BCUT2D eigenvalue weighted by molar-refractivity contribution is 0.0371. The topological polar surface area (TPSA) is 29.5 Å². The molecule has 4 heteroatoms. The van der Waals surface area contributed by atoms with Crippen LogP contribution in [0.1, 0.15) is 10.4 Å². The van der Waals surface area contributed by atoms with E-state index < -0.39 is 0 Å². The van der Waals surface area contributed by atoms with Crippen LogP contribution in [0.15, 0.2) is 29.6 Å². The van der Waals surface area contributed by atoms with Crippen LogP contribution in [0.3, 0.4) is 0 Å². The molecule has 1 fully saturated rings. The lowest BCUT2D eigenvalue weighted by Gasteiger charge is -2.25. The van der Waals surface area contributed by atoms with E-state index in [2.05, 4.69) is 11.0 Å². The molecule has 1 aliphatic heterocycles. The summed E-state index contributed by atoms with van der Waals surface area (Å²) in [5.41, 5.74) is 0.863. The summed E-state index contributed by atoms with van der Waals surface area (Å²) in [6.45, 7) is 3.68. The highest BCUT2D eigenvalue weighted by Gasteiger charge is 2.17. The first-order chi connectivity index (χ1) is 8.84. The van der Waals surface area contributed by atoms with Crippen LogP contribution in [0, 0.1) is 0 Å². The third-order valence-corrected chi connectivity index (χ3v) is 4.22. The minimum absolute atomic E-state index is 0.217. The van der Waals surface area contributed by atoms with Crippen LogP contribution in [-0.2, 0) is 4.74 Å². The molecule has 2 aromatic rings. The van der Waals surface area contributed by atoms with E-state index in [4.69, 9.17) is 4.74 Å². The maximum Gasteiger partial charge on any atom is 0.178 e. The van der Waals surface area contributed by atoms with Gasteiger partial charge in [0.05, 0.1) is 19.8 Å². The Bertz CT molecular complexity index is 558. The molecule has 0 bridgehead atoms. The fourth-order valence-corrected chi connectivity index (χ4v) is 3.21. The first-order valence-electron chi connectivity index (χ1n) is 6.14. The summed E-state index contributed by atoms with van der Waals surface area (Å²) in [5.74, 6) is 0.217. The molecule has 1 saturated heterocycles. The highest BCUT2D eigenvalue weighted by atomic mass is 32.1. The van der Waals surface area contributed by atoms with Crippen molar-refractivity contribution in [1.82, 2.24) is 4.90 Å². The van der Waals surface area contributed by atoms with Crippen LogP contribution in [0.5, 0.6) is 0 Å². The number of rotatable bonds is 3. The van der Waals surface area contributed by atoms with Gasteiger partial charge in [-0.15, -0.1) is 11.3 Å². The second-order valence-corrected chi connectivity index (χ2v) is 5.37. The van der Waals surface area contributed by atoms with Crippen LogP contribution in [-0.4, -0.2) is 43.5 Å². The Balaban J connectivity index is 1.79. The zero-order chi connectivity index (χ0) is 12.4. The highest BCUT2D eigenvalue weighted by Crippen LogP contribution is 2.26. The van der Waals surface area contributed by atoms with Gasteiger partial charge >= 0.3 is 0 Å². The monoisotopic (exact) mass is 261 g/mol. The number of morpholine rings is 1. The molecule has 0 amide bonds. The van der Waals surface area contributed by atoms with Gasteiger partial charge in [-0.3, -0.25) is 9.69 Å². The van der Waals surface area contributed by atoms with Crippen LogP contribution in [0.25, 0.3) is 10.1 Å². The van der Waals surface area contributed by atoms with Crippen molar-refractivity contribution in [3.05, 3.63) is 35.2 Å². The highest BCUT2D eigenvalue weighted by molar-refractivity contribution is 7.17. The Morgan fingerprint density at radius 1 is 1.28 bits per heavy atom. The molecular weight excluding hydrogens is 246 g/mol. The summed E-state index contributed by atoms with van der Waals surface area (Å²) in [5, 5.41) is 3.06. The number of fused-ring (bicyclic) bond motifs is 1. The number of hydrogen-bond donors (Lipinski definition) is 0. The molecular formula is C14H15NO2S. The third kappa shape index (κ3) is 2.32. The van der Waals surface area contributed by atoms with Crippen LogP contribution in [0.2, 0.25) is 0 Å². The Kier molecular flexibility index (Phi) is 3.41. The lowest BCUT2D eigenvalue weighted by Crippen LogP contribution is -2.39. The number of carbonyl (C=O) groups excluding carboxylic acids is 1. The van der Waals surface area contributed by atoms with Crippen LogP contribution in [0.4, 0.5) is 0 Å². The fraction of sp³-hybridized carbons (Fsp3) is 0.357. The van der Waals surface area contributed by atoms with Gasteiger partial charge in [0.25, 0.3) is 0 Å². The number of benzene rings is 1. The quantitative estimate of drug-likeness (QED) is 0.795. The SMILES string of the molecule is O=C(CN1CCOCC1)c1csc2ccccc12. The van der Waals surface area contributed by atoms with E-state index in [0.29, 0.717) is 6.54 Å². The second kappa shape index (κ2) is 5.18. The summed E-state index contributed by atoms with van der Waals surface area (Å²) in [6.07, 6.45) is 0. The number of carbonyl (C=O) groups is 1. The van der Waals surface area contributed by atoms with E-state index in [1.165, 1.54) is 4.70 Å². The minimum Gasteiger partial charge on any atom is -0.379 e. The van der Waals surface area contributed by atoms with Gasteiger partial charge in [0, 0.05) is 34.1 Å². The smallest absolute Gasteiger partial charge is 0.178 e. The summed E-state index contributed by atoms with van der Waals surface area (Å²) >= 11 is 1.64. The van der Waals surface area contributed by atoms with Gasteiger partial charge in [-0.25, -0.2) is 0 Å². The molecule has 0 saturated carbocycles. The minimum atomic E-state index is 0.217. The Hall–Kier alpha value is -1.23. The standard InChI is InChI=1S/C14H15NO2S/c16-13(9-15-5-7-17-8-6-15)12-10-18-14-4-2-1-3-11(12)14/h1-4,10H,5-9H2. The van der Waals surface area contributed by atoms with Gasteiger partial charge < -0.3 is 4.74 Å². The van der Waals surface area contributed by atoms with Crippen molar-refractivity contribution in [1.29, 1.82) is 0 Å². The van der Waals surface area contributed by atoms with Crippen molar-refractivity contribution in [2.75, 3.05) is 32.8 Å². The average molecular weight is 261 g/mol. The van der Waals surface area contributed by atoms with E-state index >= 15 is 0 Å². The Morgan fingerprint density at radius 3 is 2.89 bits per heavy atom. The predicted octanol–water partition coefficient (Wildman–Crippen LogP) is 2.42. The van der Waals surface area contributed by atoms with Crippen molar-refractivity contribution >= 4 is 27.2 Å². The van der Waals surface area contributed by atoms with Gasteiger partial charge in [-0.05, 0) is 6.07 Å². The summed E-state index contributed by atoms with van der Waals surface area (Å²) < 4.78 is 6.47. The molecule has 0 atom stereocenters. The molecule has 18 heavy (non-hydrogen) atoms. The van der Waals surface area contributed by atoms with Crippen molar-refractivity contribution in [2.45, 2.75) is 0 Å². The summed E-state index contributed by atoms with van der Waals surface area (Å²) in [7, 11) is 0. The van der Waals surface area contributed by atoms with Gasteiger partial charge in [-0.2, -0.15) is 0 Å². The Labute approximate surface area is 110 Å². The molecule has 3 nitrogen and oxygen atoms in total. The van der Waals surface area contributed by atoms with Crippen molar-refractivity contribution in [2.24, 2.45) is 0 Å². The van der Waals surface area contributed by atoms with E-state index in [9.17, 15) is 4.79 Å². The molecule has 3 rings (SSSR count). The molecule has 0 spiro atoms. The number of ketones is 1. The number of ether oxygens (including phenoxy) is 1. The van der Waals surface area contributed by atoms with Gasteiger partial charge in [-0.1, -0.05) is 18.2 Å². The fourth-order valence-electron chi connectivity index (χ4n) is 2.24. The summed E-state index contributed by atoms with van der Waals surface area (Å²) in [6, 6.07) is 8.08. The first kappa shape index (κ1) is 11.8. The molecule has 1 aromatic heterocycles. The zero-order valence-electron chi connectivity index (χ0n) is 10.1. The van der Waals surface area contributed by atoms with Crippen molar-refractivity contribution in [3.8, 4) is 0 Å². The van der Waals surface area contributed by atoms with E-state index in [-0.39, 0.29) is 5.78 Å². The van der Waals surface area contributed by atoms with Crippen molar-refractivity contribution in [3.63, 3.8) is 0 Å². The predicted molar refractivity (Wildman–Crippen MR) is 73.4 cm³/mol. The third-order valence-electron chi connectivity index (χ3n) is 3.25. The van der Waals surface area contributed by atoms with E-state index in [0.717, 1.165) is 37.3 Å². The zero-order valence-corrected chi connectivity index (χ0v) is 10.9. The largest absolute Gasteiger partial charge is 0.379 e. The van der Waals surface area contributed by atoms with Crippen LogP contribution >= 0.6 is 11.3 Å². The maximum atomic E-state index is 12.3.